The van der Waals surface area contributed by atoms with Gasteiger partial charge in [0.1, 0.15) is 0 Å². The van der Waals surface area contributed by atoms with Crippen molar-refractivity contribution >= 4 is 5.91 Å². The predicted molar refractivity (Wildman–Crippen MR) is 117 cm³/mol. The third-order valence-corrected chi connectivity index (χ3v) is 6.79. The Kier molecular flexibility index (Phi) is 8.97. The van der Waals surface area contributed by atoms with Gasteiger partial charge in [-0.1, -0.05) is 65.0 Å². The van der Waals surface area contributed by atoms with Gasteiger partial charge in [-0.15, -0.1) is 0 Å². The van der Waals surface area contributed by atoms with Crippen LogP contribution < -0.4 is 5.73 Å². The first-order valence-electron chi connectivity index (χ1n) is 11.2. The number of primary amides is 1. The van der Waals surface area contributed by atoms with Crippen molar-refractivity contribution in [1.82, 2.24) is 4.90 Å². The lowest BCUT2D eigenvalue weighted by Gasteiger charge is -2.45. The van der Waals surface area contributed by atoms with E-state index in [4.69, 9.17) is 5.73 Å². The van der Waals surface area contributed by atoms with Crippen molar-refractivity contribution in [2.45, 2.75) is 83.7 Å². The number of hydrogen-bond donors (Lipinski definition) is 2. The molecule has 4 nitrogen and oxygen atoms in total. The highest BCUT2D eigenvalue weighted by atomic mass is 16.3. The Morgan fingerprint density at radius 2 is 2.04 bits per heavy atom. The predicted octanol–water partition coefficient (Wildman–Crippen LogP) is 4.50. The largest absolute Gasteiger partial charge is 0.393 e. The molecule has 0 bridgehead atoms. The monoisotopic (exact) mass is 388 g/mol. The number of nitrogens with zero attached hydrogens (tertiary/aromatic N) is 1. The van der Waals surface area contributed by atoms with E-state index in [1.54, 1.807) is 6.07 Å². The fourth-order valence-corrected chi connectivity index (χ4v) is 4.44. The van der Waals surface area contributed by atoms with Crippen LogP contribution in [0.25, 0.3) is 0 Å². The summed E-state index contributed by atoms with van der Waals surface area (Å²) in [6.07, 6.45) is 8.95. The van der Waals surface area contributed by atoms with Gasteiger partial charge in [0.2, 0.25) is 5.91 Å². The summed E-state index contributed by atoms with van der Waals surface area (Å²) in [5.74, 6) is 0.120. The standard InChI is InChI=1S/C24H40N2O2/c1-4-5-6-7-8-12-22(27)13-15-26-16-14-24(3,19(2)18-26)21-11-9-10-20(17-21)23(25)28/h9-11,17,19,22,27H,4-8,12-16,18H2,1-3H3,(H2,25,28)/t19-,22?,24+/m0/s1. The van der Waals surface area contributed by atoms with Crippen LogP contribution in [0.2, 0.25) is 0 Å². The maximum atomic E-state index is 11.5. The van der Waals surface area contributed by atoms with Crippen LogP contribution in [0, 0.1) is 5.92 Å². The number of aliphatic hydroxyl groups excluding tert-OH is 1. The molecule has 28 heavy (non-hydrogen) atoms. The van der Waals surface area contributed by atoms with Gasteiger partial charge in [-0.3, -0.25) is 4.79 Å². The summed E-state index contributed by atoms with van der Waals surface area (Å²) in [6, 6.07) is 7.83. The van der Waals surface area contributed by atoms with Crippen molar-refractivity contribution in [3.63, 3.8) is 0 Å². The maximum absolute atomic E-state index is 11.5. The van der Waals surface area contributed by atoms with Crippen molar-refractivity contribution < 1.29 is 9.90 Å². The van der Waals surface area contributed by atoms with Crippen LogP contribution in [0.1, 0.15) is 88.1 Å². The Balaban J connectivity index is 1.81. The lowest BCUT2D eigenvalue weighted by atomic mass is 9.68. The number of rotatable bonds is 11. The van der Waals surface area contributed by atoms with Gasteiger partial charge in [-0.25, -0.2) is 0 Å². The molecule has 2 rings (SSSR count). The zero-order valence-electron chi connectivity index (χ0n) is 18.1. The molecule has 1 aliphatic rings. The molecule has 3 N–H and O–H groups in total. The first-order chi connectivity index (χ1) is 13.4. The van der Waals surface area contributed by atoms with Gasteiger partial charge >= 0.3 is 0 Å². The third-order valence-electron chi connectivity index (χ3n) is 6.79. The van der Waals surface area contributed by atoms with Crippen LogP contribution in [0.3, 0.4) is 0 Å². The molecule has 0 aliphatic carbocycles. The van der Waals surface area contributed by atoms with Crippen molar-refractivity contribution in [2.24, 2.45) is 11.7 Å². The number of nitrogens with two attached hydrogens (primary N) is 1. The molecule has 1 heterocycles. The lowest BCUT2D eigenvalue weighted by molar-refractivity contribution is 0.0833. The number of amides is 1. The normalized spacial score (nSPS) is 24.2. The summed E-state index contributed by atoms with van der Waals surface area (Å²) >= 11 is 0. The van der Waals surface area contributed by atoms with E-state index in [9.17, 15) is 9.90 Å². The van der Waals surface area contributed by atoms with Crippen LogP contribution in [0.5, 0.6) is 0 Å². The summed E-state index contributed by atoms with van der Waals surface area (Å²) in [4.78, 5) is 14.0. The van der Waals surface area contributed by atoms with Gasteiger partial charge in [0.15, 0.2) is 0 Å². The molecule has 1 amide bonds. The summed E-state index contributed by atoms with van der Waals surface area (Å²) in [5.41, 5.74) is 7.33. The fraction of sp³-hybridized carbons (Fsp3) is 0.708. The Morgan fingerprint density at radius 1 is 1.29 bits per heavy atom. The van der Waals surface area contributed by atoms with E-state index in [0.29, 0.717) is 11.5 Å². The Labute approximate surface area is 171 Å². The highest BCUT2D eigenvalue weighted by Gasteiger charge is 2.38. The molecule has 0 saturated carbocycles. The zero-order chi connectivity index (χ0) is 20.6. The molecule has 0 aromatic heterocycles. The molecule has 1 unspecified atom stereocenters. The summed E-state index contributed by atoms with van der Waals surface area (Å²) in [7, 11) is 0. The Bertz CT molecular complexity index is 618. The number of aliphatic hydroxyl groups is 1. The molecule has 4 heteroatoms. The van der Waals surface area contributed by atoms with E-state index in [1.165, 1.54) is 31.2 Å². The van der Waals surface area contributed by atoms with Crippen molar-refractivity contribution in [3.05, 3.63) is 35.4 Å². The van der Waals surface area contributed by atoms with Crippen molar-refractivity contribution in [2.75, 3.05) is 19.6 Å². The molecule has 1 aromatic carbocycles. The highest BCUT2D eigenvalue weighted by molar-refractivity contribution is 5.92. The van der Waals surface area contributed by atoms with Crippen LogP contribution >= 0.6 is 0 Å². The molecule has 1 saturated heterocycles. The lowest BCUT2D eigenvalue weighted by Crippen LogP contribution is -2.48. The minimum atomic E-state index is -0.362. The van der Waals surface area contributed by atoms with Crippen LogP contribution in [0.4, 0.5) is 0 Å². The van der Waals surface area contributed by atoms with Gasteiger partial charge in [0.25, 0.3) is 0 Å². The quantitative estimate of drug-likeness (QED) is 0.549. The summed E-state index contributed by atoms with van der Waals surface area (Å²) in [5, 5.41) is 10.3. The summed E-state index contributed by atoms with van der Waals surface area (Å²) < 4.78 is 0. The van der Waals surface area contributed by atoms with Crippen molar-refractivity contribution in [1.29, 1.82) is 0 Å². The molecule has 158 valence electrons. The number of likely N-dealkylation sites (tertiary alicyclic amines) is 1. The van der Waals surface area contributed by atoms with Gasteiger partial charge in [0.05, 0.1) is 6.10 Å². The minimum Gasteiger partial charge on any atom is -0.393 e. The number of piperidine rings is 1. The minimum absolute atomic E-state index is 0.0554. The molecule has 1 aliphatic heterocycles. The van der Waals surface area contributed by atoms with Gasteiger partial charge in [-0.2, -0.15) is 0 Å². The Hall–Kier alpha value is -1.39. The van der Waals surface area contributed by atoms with Crippen molar-refractivity contribution in [3.8, 4) is 0 Å². The SMILES string of the molecule is CCCCCCCC(O)CCN1CC[C@@](C)(c2cccc(C(N)=O)c2)[C@@H](C)C1. The average Bonchev–Trinajstić information content (AvgIpc) is 2.69. The smallest absolute Gasteiger partial charge is 0.248 e. The van der Waals surface area contributed by atoms with E-state index in [0.717, 1.165) is 45.3 Å². The average molecular weight is 389 g/mol. The maximum Gasteiger partial charge on any atom is 0.248 e. The number of carbonyl (C=O) groups excluding carboxylic acids is 1. The molecule has 3 atom stereocenters. The first-order valence-corrected chi connectivity index (χ1v) is 11.2. The number of benzene rings is 1. The Morgan fingerprint density at radius 3 is 2.71 bits per heavy atom. The van der Waals surface area contributed by atoms with E-state index in [-0.39, 0.29) is 17.4 Å². The van der Waals surface area contributed by atoms with E-state index < -0.39 is 0 Å². The second-order valence-corrected chi connectivity index (χ2v) is 8.96. The molecule has 0 radical (unpaired) electrons. The molecule has 1 fully saturated rings. The topological polar surface area (TPSA) is 66.6 Å². The number of unbranched alkanes of at least 4 members (excludes halogenated alkanes) is 4. The molecular weight excluding hydrogens is 348 g/mol. The van der Waals surface area contributed by atoms with Crippen LogP contribution in [0.15, 0.2) is 24.3 Å². The second kappa shape index (κ2) is 11.0. The second-order valence-electron chi connectivity index (χ2n) is 8.96. The van der Waals surface area contributed by atoms with Gasteiger partial charge in [0, 0.05) is 18.7 Å². The molecule has 1 aromatic rings. The fourth-order valence-electron chi connectivity index (χ4n) is 4.44. The van der Waals surface area contributed by atoms with Crippen LogP contribution in [-0.2, 0) is 5.41 Å². The number of carbonyl (C=O) groups is 1. The highest BCUT2D eigenvalue weighted by Crippen LogP contribution is 2.39. The number of hydrogen-bond acceptors (Lipinski definition) is 3. The summed E-state index contributed by atoms with van der Waals surface area (Å²) in [6.45, 7) is 9.87. The zero-order valence-corrected chi connectivity index (χ0v) is 18.1. The molecule has 0 spiro atoms. The third kappa shape index (κ3) is 6.31. The van der Waals surface area contributed by atoms with E-state index in [1.807, 2.05) is 12.1 Å². The van der Waals surface area contributed by atoms with Gasteiger partial charge in [-0.05, 0) is 54.8 Å². The van der Waals surface area contributed by atoms with E-state index in [2.05, 4.69) is 31.7 Å². The van der Waals surface area contributed by atoms with Gasteiger partial charge < -0.3 is 15.7 Å². The van der Waals surface area contributed by atoms with E-state index >= 15 is 0 Å². The van der Waals surface area contributed by atoms with Crippen LogP contribution in [-0.4, -0.2) is 41.7 Å². The first kappa shape index (κ1) is 22.9. The molecular formula is C24H40N2O2.